The van der Waals surface area contributed by atoms with E-state index in [1.807, 2.05) is 120 Å². The number of rotatable bonds is 20. The van der Waals surface area contributed by atoms with Crippen LogP contribution in [0, 0.1) is 0 Å². The number of benzene rings is 2. The molecule has 262 valence electrons. The van der Waals surface area contributed by atoms with E-state index in [0.717, 1.165) is 10.4 Å². The molecular weight excluding hydrogens is 727 g/mol. The number of hydrogen-bond acceptors (Lipinski definition) is 9. The molecule has 0 fully saturated rings. The summed E-state index contributed by atoms with van der Waals surface area (Å²) < 4.78 is 47.0. The van der Waals surface area contributed by atoms with Gasteiger partial charge in [-0.05, 0) is 82.4 Å². The van der Waals surface area contributed by atoms with Gasteiger partial charge in [-0.25, -0.2) is 0 Å². The molecule has 2 aromatic carbocycles. The lowest BCUT2D eigenvalue weighted by Crippen LogP contribution is -2.68. The van der Waals surface area contributed by atoms with Crippen molar-refractivity contribution in [2.75, 3.05) is 6.17 Å². The van der Waals surface area contributed by atoms with Gasteiger partial charge < -0.3 is 39.3 Å². The maximum absolute atomic E-state index is 12.2. The summed E-state index contributed by atoms with van der Waals surface area (Å²) in [5, 5.41) is 1.47. The van der Waals surface area contributed by atoms with Crippen molar-refractivity contribution in [3.63, 3.8) is 0 Å². The largest absolute Gasteiger partial charge is 0.435 e. The Morgan fingerprint density at radius 3 is 1.17 bits per heavy atom. The molecule has 3 atom stereocenters. The molecule has 0 aliphatic heterocycles. The third kappa shape index (κ3) is 12.7. The van der Waals surface area contributed by atoms with Gasteiger partial charge >= 0.3 is 59.9 Å². The first kappa shape index (κ1) is 42.2. The van der Waals surface area contributed by atoms with Crippen molar-refractivity contribution in [3.8, 4) is 0 Å². The molecular formula is C30H57NO8Si8. The van der Waals surface area contributed by atoms with Gasteiger partial charge in [0.15, 0.2) is 8.32 Å². The Morgan fingerprint density at radius 2 is 0.830 bits per heavy atom. The Bertz CT molecular complexity index is 1310. The summed E-state index contributed by atoms with van der Waals surface area (Å²) in [6.45, 7) is 34.1. The molecule has 17 heteroatoms. The highest BCUT2D eigenvalue weighted by atomic mass is 28.5. The van der Waals surface area contributed by atoms with Crippen molar-refractivity contribution in [1.82, 2.24) is 0 Å². The molecule has 2 aromatic rings. The van der Waals surface area contributed by atoms with Gasteiger partial charge in [0, 0.05) is 6.17 Å². The molecule has 0 radical (unpaired) electrons. The highest BCUT2D eigenvalue weighted by Crippen LogP contribution is 2.30. The van der Waals surface area contributed by atoms with E-state index < -0.39 is 68.2 Å². The normalized spacial score (nSPS) is 17.2. The summed E-state index contributed by atoms with van der Waals surface area (Å²) in [7, 11) is -23.6. The molecule has 0 saturated carbocycles. The van der Waals surface area contributed by atoms with E-state index in [4.69, 9.17) is 34.5 Å². The molecule has 0 aliphatic carbocycles. The average Bonchev–Trinajstić information content (AvgIpc) is 2.95. The van der Waals surface area contributed by atoms with Gasteiger partial charge in [0.25, 0.3) is 0 Å². The summed E-state index contributed by atoms with van der Waals surface area (Å²) in [6.07, 6.45) is 0.511. The highest BCUT2D eigenvalue weighted by Gasteiger charge is 2.52. The number of nitrogens with two attached hydrogens (primary N) is 1. The molecule has 3 unspecified atom stereocenters. The monoisotopic (exact) mass is 783 g/mol. The molecule has 0 bridgehead atoms. The predicted octanol–water partition coefficient (Wildman–Crippen LogP) is 5.55. The van der Waals surface area contributed by atoms with E-state index in [1.54, 1.807) is 17.1 Å². The Morgan fingerprint density at radius 1 is 0.511 bits per heavy atom. The van der Waals surface area contributed by atoms with Crippen LogP contribution in [0.3, 0.4) is 0 Å². The lowest BCUT2D eigenvalue weighted by Gasteiger charge is -2.44. The fourth-order valence-electron chi connectivity index (χ4n) is 5.42. The third-order valence-corrected chi connectivity index (χ3v) is 37.4. The fourth-order valence-corrected chi connectivity index (χ4v) is 40.7. The zero-order chi connectivity index (χ0) is 36.0. The Balaban J connectivity index is 2.32. The molecule has 0 amide bonds. The van der Waals surface area contributed by atoms with Crippen LogP contribution in [0.2, 0.25) is 72.0 Å². The summed E-state index contributed by atoms with van der Waals surface area (Å²) >= 11 is 0. The van der Waals surface area contributed by atoms with Gasteiger partial charge in [-0.2, -0.15) is 0 Å². The minimum Gasteiger partial charge on any atom is -0.435 e. The second-order valence-electron chi connectivity index (χ2n) is 13.9. The highest BCUT2D eigenvalue weighted by molar-refractivity contribution is 6.99. The number of hydrogen-bond donors (Lipinski definition) is 2. The molecule has 9 nitrogen and oxygen atoms in total. The van der Waals surface area contributed by atoms with Gasteiger partial charge in [0.05, 0.1) is 0 Å². The SMILES string of the molecule is C=C[Si](C)(O[Si](C)(C)O[Si](C)(C)O[Si](C)(C)CN)O[Si](C)(C=C)O[Si](C)(C=C)O[Si](C)(C)O[Si](O)(c1ccccc1)c1ccccc1. The van der Waals surface area contributed by atoms with Crippen molar-refractivity contribution >= 4 is 78.6 Å². The average molecular weight is 784 g/mol. The van der Waals surface area contributed by atoms with Crippen LogP contribution in [-0.4, -0.2) is 79.2 Å². The van der Waals surface area contributed by atoms with Gasteiger partial charge in [-0.3, -0.25) is 0 Å². The Hall–Kier alpha value is -0.965. The molecule has 3 N–H and O–H groups in total. The van der Waals surface area contributed by atoms with Crippen molar-refractivity contribution in [1.29, 1.82) is 0 Å². The van der Waals surface area contributed by atoms with E-state index in [9.17, 15) is 4.80 Å². The minimum absolute atomic E-state index is 0.511. The fraction of sp³-hybridized carbons (Fsp3) is 0.400. The molecule has 2 rings (SSSR count). The van der Waals surface area contributed by atoms with Crippen LogP contribution in [0.4, 0.5) is 0 Å². The van der Waals surface area contributed by atoms with Crippen LogP contribution in [0.25, 0.3) is 0 Å². The second-order valence-corrected chi connectivity index (χ2v) is 41.7. The molecule has 0 aliphatic rings. The van der Waals surface area contributed by atoms with Crippen LogP contribution in [0.1, 0.15) is 0 Å². The van der Waals surface area contributed by atoms with Crippen LogP contribution >= 0.6 is 0 Å². The van der Waals surface area contributed by atoms with Crippen LogP contribution in [-0.2, 0) is 28.8 Å². The quantitative estimate of drug-likeness (QED) is 0.167. The van der Waals surface area contributed by atoms with Gasteiger partial charge in [0.1, 0.15) is 0 Å². The standard InChI is InChI=1S/C30H57NO8Si8/c1-15-44(12,35-42(8,9)34-41(6,7)33-40(4,5)28-31)38-46(14,17-3)39-45(13,16-2)36-43(10,11)37-47(32,29-24-20-18-21-25-29)30-26-22-19-23-27-30/h15-27,32H,1-3,28,31H2,4-14H3. The van der Waals surface area contributed by atoms with Crippen LogP contribution < -0.4 is 16.1 Å². The Labute approximate surface area is 292 Å². The molecule has 0 saturated heterocycles. The van der Waals surface area contributed by atoms with Crippen molar-refractivity contribution < 1.29 is 33.6 Å². The summed E-state index contributed by atoms with van der Waals surface area (Å²) in [5.41, 5.74) is 11.2. The van der Waals surface area contributed by atoms with Gasteiger partial charge in [-0.15, -0.1) is 19.7 Å². The smallest absolute Gasteiger partial charge is 0.395 e. The summed E-state index contributed by atoms with van der Waals surface area (Å²) in [5.74, 6) is 0. The van der Waals surface area contributed by atoms with Crippen molar-refractivity contribution in [2.24, 2.45) is 5.73 Å². The van der Waals surface area contributed by atoms with E-state index in [-0.39, 0.29) is 0 Å². The molecule has 0 aromatic heterocycles. The van der Waals surface area contributed by atoms with Crippen LogP contribution in [0.5, 0.6) is 0 Å². The summed E-state index contributed by atoms with van der Waals surface area (Å²) in [6, 6.07) is 19.0. The minimum atomic E-state index is -3.64. The van der Waals surface area contributed by atoms with Crippen molar-refractivity contribution in [2.45, 2.75) is 72.0 Å². The maximum Gasteiger partial charge on any atom is 0.395 e. The van der Waals surface area contributed by atoms with E-state index in [0.29, 0.717) is 6.17 Å². The van der Waals surface area contributed by atoms with Gasteiger partial charge in [0.2, 0.25) is 0 Å². The second kappa shape index (κ2) is 15.9. The first-order valence-electron chi connectivity index (χ1n) is 15.8. The zero-order valence-corrected chi connectivity index (χ0v) is 38.2. The molecule has 0 spiro atoms. The van der Waals surface area contributed by atoms with Crippen LogP contribution in [0.15, 0.2) is 97.5 Å². The molecule has 47 heavy (non-hydrogen) atoms. The lowest BCUT2D eigenvalue weighted by molar-refractivity contribution is 0.268. The van der Waals surface area contributed by atoms with E-state index >= 15 is 0 Å². The van der Waals surface area contributed by atoms with E-state index in [2.05, 4.69) is 32.8 Å². The van der Waals surface area contributed by atoms with Crippen molar-refractivity contribution in [3.05, 3.63) is 97.5 Å². The van der Waals surface area contributed by atoms with Gasteiger partial charge in [-0.1, -0.05) is 77.8 Å². The zero-order valence-electron chi connectivity index (χ0n) is 30.2. The topological polar surface area (TPSA) is 111 Å². The maximum atomic E-state index is 12.2. The first-order valence-corrected chi connectivity index (χ1v) is 36.4. The third-order valence-electron chi connectivity index (χ3n) is 7.05. The Kier molecular flexibility index (Phi) is 14.3. The predicted molar refractivity (Wildman–Crippen MR) is 212 cm³/mol. The summed E-state index contributed by atoms with van der Waals surface area (Å²) in [4.78, 5) is 12.2. The lowest BCUT2D eigenvalue weighted by atomic mass is 10.4. The first-order chi connectivity index (χ1) is 21.4. The molecule has 0 heterocycles. The van der Waals surface area contributed by atoms with E-state index in [1.165, 1.54) is 0 Å².